The first-order valence-electron chi connectivity index (χ1n) is 8.90. The van der Waals surface area contributed by atoms with Crippen molar-refractivity contribution in [2.24, 2.45) is 0 Å². The maximum Gasteiger partial charge on any atom is 0.119 e. The first-order chi connectivity index (χ1) is 12.7. The number of anilines is 1. The summed E-state index contributed by atoms with van der Waals surface area (Å²) in [5.41, 5.74) is 4.85. The molecule has 26 heavy (non-hydrogen) atoms. The van der Waals surface area contributed by atoms with Crippen LogP contribution in [0, 0.1) is 11.3 Å². The normalized spacial score (nSPS) is 10.7. The Morgan fingerprint density at radius 1 is 1.12 bits per heavy atom. The topological polar surface area (TPSA) is 50.0 Å². The van der Waals surface area contributed by atoms with E-state index >= 15 is 0 Å². The second-order valence-corrected chi connectivity index (χ2v) is 6.87. The van der Waals surface area contributed by atoms with E-state index in [2.05, 4.69) is 35.3 Å². The van der Waals surface area contributed by atoms with Gasteiger partial charge in [0, 0.05) is 23.4 Å². The van der Waals surface area contributed by atoms with Gasteiger partial charge in [0.05, 0.1) is 23.4 Å². The zero-order valence-corrected chi connectivity index (χ0v) is 16.2. The van der Waals surface area contributed by atoms with Crippen LogP contribution < -0.4 is 9.46 Å². The standard InChI is InChI=1S/C21H23N3OS/c1-4-24-20-13-16(23-26-6-3)9-12-18(20)19(14-22)21(24)15-7-10-17(11-8-15)25-5-2/h7-13,23H,4-6H2,1-3H3. The third-order valence-electron chi connectivity index (χ3n) is 4.27. The fourth-order valence-corrected chi connectivity index (χ4v) is 3.62. The molecular weight excluding hydrogens is 342 g/mol. The first kappa shape index (κ1) is 18.2. The van der Waals surface area contributed by atoms with Crippen molar-refractivity contribution in [1.29, 1.82) is 5.26 Å². The van der Waals surface area contributed by atoms with E-state index in [4.69, 9.17) is 4.74 Å². The maximum atomic E-state index is 9.83. The molecule has 1 heterocycles. The highest BCUT2D eigenvalue weighted by Crippen LogP contribution is 2.35. The van der Waals surface area contributed by atoms with Crippen molar-refractivity contribution < 1.29 is 4.74 Å². The number of nitriles is 1. The van der Waals surface area contributed by atoms with Crippen LogP contribution in [0.4, 0.5) is 5.69 Å². The van der Waals surface area contributed by atoms with Crippen LogP contribution in [0.1, 0.15) is 26.3 Å². The van der Waals surface area contributed by atoms with Crippen molar-refractivity contribution in [3.05, 3.63) is 48.0 Å². The number of nitrogens with zero attached hydrogens (tertiary/aromatic N) is 2. The number of rotatable bonds is 7. The minimum absolute atomic E-state index is 0.642. The van der Waals surface area contributed by atoms with Gasteiger partial charge in [-0.2, -0.15) is 5.26 Å². The highest BCUT2D eigenvalue weighted by molar-refractivity contribution is 8.00. The zero-order chi connectivity index (χ0) is 18.5. The van der Waals surface area contributed by atoms with Gasteiger partial charge in [-0.25, -0.2) is 0 Å². The van der Waals surface area contributed by atoms with E-state index < -0.39 is 0 Å². The van der Waals surface area contributed by atoms with E-state index in [1.54, 1.807) is 11.9 Å². The summed E-state index contributed by atoms with van der Waals surface area (Å²) in [7, 11) is 0. The molecule has 2 aromatic carbocycles. The van der Waals surface area contributed by atoms with Crippen molar-refractivity contribution >= 4 is 28.5 Å². The number of aryl methyl sites for hydroxylation is 1. The number of hydrogen-bond donors (Lipinski definition) is 1. The smallest absolute Gasteiger partial charge is 0.119 e. The second-order valence-electron chi connectivity index (χ2n) is 5.80. The monoisotopic (exact) mass is 365 g/mol. The molecule has 3 aromatic rings. The van der Waals surface area contributed by atoms with Crippen LogP contribution in [-0.2, 0) is 6.54 Å². The van der Waals surface area contributed by atoms with Crippen LogP contribution in [0.3, 0.4) is 0 Å². The number of fused-ring (bicyclic) bond motifs is 1. The van der Waals surface area contributed by atoms with Gasteiger partial charge < -0.3 is 14.0 Å². The summed E-state index contributed by atoms with van der Waals surface area (Å²) in [6.45, 7) is 7.63. The van der Waals surface area contributed by atoms with Crippen LogP contribution in [0.2, 0.25) is 0 Å². The Balaban J connectivity index is 2.15. The van der Waals surface area contributed by atoms with Gasteiger partial charge >= 0.3 is 0 Å². The van der Waals surface area contributed by atoms with E-state index in [1.807, 2.05) is 43.3 Å². The Labute approximate surface area is 158 Å². The Bertz CT molecular complexity index is 939. The zero-order valence-electron chi connectivity index (χ0n) is 15.4. The van der Waals surface area contributed by atoms with E-state index in [-0.39, 0.29) is 0 Å². The molecule has 1 aromatic heterocycles. The molecule has 0 aliphatic carbocycles. The van der Waals surface area contributed by atoms with Gasteiger partial charge in [-0.3, -0.25) is 0 Å². The molecule has 1 N–H and O–H groups in total. The fourth-order valence-electron chi connectivity index (χ4n) is 3.19. The Hall–Kier alpha value is -2.58. The van der Waals surface area contributed by atoms with Gasteiger partial charge in [0.1, 0.15) is 11.8 Å². The molecule has 3 rings (SSSR count). The summed E-state index contributed by atoms with van der Waals surface area (Å²) in [5.74, 6) is 1.84. The van der Waals surface area contributed by atoms with Crippen LogP contribution in [0.5, 0.6) is 5.75 Å². The average molecular weight is 366 g/mol. The van der Waals surface area contributed by atoms with Gasteiger partial charge in [0.25, 0.3) is 0 Å². The average Bonchev–Trinajstić information content (AvgIpc) is 2.99. The highest BCUT2D eigenvalue weighted by Gasteiger charge is 2.18. The molecule has 134 valence electrons. The van der Waals surface area contributed by atoms with Crippen molar-refractivity contribution in [1.82, 2.24) is 4.57 Å². The molecule has 0 spiro atoms. The molecule has 4 nitrogen and oxygen atoms in total. The fraction of sp³-hybridized carbons (Fsp3) is 0.286. The van der Waals surface area contributed by atoms with Crippen molar-refractivity contribution in [2.45, 2.75) is 27.3 Å². The molecule has 0 fully saturated rings. The second kappa shape index (κ2) is 8.20. The Morgan fingerprint density at radius 3 is 2.50 bits per heavy atom. The predicted octanol–water partition coefficient (Wildman–Crippen LogP) is 5.68. The number of benzene rings is 2. The van der Waals surface area contributed by atoms with Gasteiger partial charge in [0.15, 0.2) is 0 Å². The van der Waals surface area contributed by atoms with E-state index in [9.17, 15) is 5.26 Å². The van der Waals surface area contributed by atoms with Gasteiger partial charge in [-0.1, -0.05) is 18.9 Å². The summed E-state index contributed by atoms with van der Waals surface area (Å²) in [5, 5.41) is 10.8. The molecule has 0 atom stereocenters. The quantitative estimate of drug-likeness (QED) is 0.547. The predicted molar refractivity (Wildman–Crippen MR) is 111 cm³/mol. The van der Waals surface area contributed by atoms with Crippen molar-refractivity contribution in [3.8, 4) is 23.1 Å². The summed E-state index contributed by atoms with van der Waals surface area (Å²) < 4.78 is 11.1. The lowest BCUT2D eigenvalue weighted by atomic mass is 10.1. The maximum absolute atomic E-state index is 9.83. The van der Waals surface area contributed by atoms with Crippen LogP contribution >= 0.6 is 11.9 Å². The summed E-state index contributed by atoms with van der Waals surface area (Å²) in [6.07, 6.45) is 0. The molecule has 0 unspecified atom stereocenters. The lowest BCUT2D eigenvalue weighted by molar-refractivity contribution is 0.340. The molecule has 0 saturated heterocycles. The third-order valence-corrected chi connectivity index (χ3v) is 4.93. The number of ether oxygens (including phenoxy) is 1. The summed E-state index contributed by atoms with van der Waals surface area (Å²) in [6, 6.07) is 16.6. The summed E-state index contributed by atoms with van der Waals surface area (Å²) in [4.78, 5) is 0. The van der Waals surface area contributed by atoms with Gasteiger partial charge in [-0.15, -0.1) is 0 Å². The van der Waals surface area contributed by atoms with Crippen molar-refractivity contribution in [2.75, 3.05) is 17.1 Å². The molecular formula is C21H23N3OS. The molecule has 5 heteroatoms. The van der Waals surface area contributed by atoms with Crippen LogP contribution in [0.15, 0.2) is 42.5 Å². The molecule has 0 radical (unpaired) electrons. The Morgan fingerprint density at radius 2 is 1.88 bits per heavy atom. The minimum atomic E-state index is 0.642. The Kier molecular flexibility index (Phi) is 5.75. The third kappa shape index (κ3) is 3.38. The highest BCUT2D eigenvalue weighted by atomic mass is 32.2. The van der Waals surface area contributed by atoms with Gasteiger partial charge in [-0.05, 0) is 61.9 Å². The van der Waals surface area contributed by atoms with E-state index in [0.717, 1.165) is 51.5 Å². The lowest BCUT2D eigenvalue weighted by Gasteiger charge is -2.10. The van der Waals surface area contributed by atoms with Crippen LogP contribution in [0.25, 0.3) is 22.2 Å². The summed E-state index contributed by atoms with van der Waals surface area (Å²) >= 11 is 1.66. The molecule has 0 bridgehead atoms. The number of hydrogen-bond acceptors (Lipinski definition) is 4. The number of aromatic nitrogens is 1. The largest absolute Gasteiger partial charge is 0.494 e. The van der Waals surface area contributed by atoms with Crippen molar-refractivity contribution in [3.63, 3.8) is 0 Å². The molecule has 0 aliphatic rings. The van der Waals surface area contributed by atoms with Crippen LogP contribution in [-0.4, -0.2) is 16.9 Å². The minimum Gasteiger partial charge on any atom is -0.494 e. The lowest BCUT2D eigenvalue weighted by Crippen LogP contribution is -1.98. The van der Waals surface area contributed by atoms with Gasteiger partial charge in [0.2, 0.25) is 0 Å². The molecule has 0 amide bonds. The molecule has 0 aliphatic heterocycles. The SMILES string of the molecule is CCOc1ccc(-c2c(C#N)c3ccc(NSCC)cc3n2CC)cc1. The molecule has 0 saturated carbocycles. The van der Waals surface area contributed by atoms with E-state index in [1.165, 1.54) is 0 Å². The van der Waals surface area contributed by atoms with E-state index in [0.29, 0.717) is 6.61 Å². The first-order valence-corrected chi connectivity index (χ1v) is 9.89. The number of nitrogens with one attached hydrogen (secondary N) is 1.